The molecule has 1 aliphatic heterocycles. The number of benzene rings is 1. The van der Waals surface area contributed by atoms with Crippen molar-refractivity contribution >= 4 is 27.5 Å². The summed E-state index contributed by atoms with van der Waals surface area (Å²) in [6.07, 6.45) is 2.04. The number of carbonyl (C=O) groups is 1. The Morgan fingerprint density at radius 2 is 2.00 bits per heavy atom. The number of rotatable bonds is 3. The quantitative estimate of drug-likeness (QED) is 0.849. The first-order chi connectivity index (χ1) is 9.90. The lowest BCUT2D eigenvalue weighted by Crippen LogP contribution is -2.47. The number of anilines is 1. The third-order valence-corrected chi connectivity index (χ3v) is 4.84. The smallest absolute Gasteiger partial charge is 0.255 e. The van der Waals surface area contributed by atoms with Crippen molar-refractivity contribution in [2.24, 2.45) is 0 Å². The number of nitrogen functional groups attached to an aromatic ring is 1. The van der Waals surface area contributed by atoms with Crippen LogP contribution in [0, 0.1) is 0 Å². The van der Waals surface area contributed by atoms with E-state index in [2.05, 4.69) is 34.7 Å². The molecule has 5 heteroatoms. The van der Waals surface area contributed by atoms with Gasteiger partial charge in [0.2, 0.25) is 0 Å². The fourth-order valence-electron chi connectivity index (χ4n) is 2.86. The Morgan fingerprint density at radius 3 is 2.57 bits per heavy atom. The van der Waals surface area contributed by atoms with Crippen molar-refractivity contribution in [3.63, 3.8) is 0 Å². The van der Waals surface area contributed by atoms with E-state index >= 15 is 0 Å². The summed E-state index contributed by atoms with van der Waals surface area (Å²) < 4.78 is 0.878. The third-order valence-electron chi connectivity index (χ3n) is 4.34. The number of nitrogens with two attached hydrogens (primary N) is 1. The highest BCUT2D eigenvalue weighted by Crippen LogP contribution is 2.23. The first-order valence-corrected chi connectivity index (χ1v) is 8.25. The second-order valence-corrected chi connectivity index (χ2v) is 6.92. The van der Waals surface area contributed by atoms with Crippen LogP contribution < -0.4 is 5.73 Å². The van der Waals surface area contributed by atoms with Gasteiger partial charge in [0.05, 0.1) is 5.56 Å². The number of hydrogen-bond donors (Lipinski definition) is 1. The molecule has 0 radical (unpaired) electrons. The van der Waals surface area contributed by atoms with Gasteiger partial charge in [-0.2, -0.15) is 0 Å². The predicted octanol–water partition coefficient (Wildman–Crippen LogP) is 2.98. The van der Waals surface area contributed by atoms with Crippen molar-refractivity contribution in [3.05, 3.63) is 28.2 Å². The summed E-state index contributed by atoms with van der Waals surface area (Å²) >= 11 is 3.40. The molecule has 21 heavy (non-hydrogen) atoms. The van der Waals surface area contributed by atoms with E-state index < -0.39 is 0 Å². The van der Waals surface area contributed by atoms with Gasteiger partial charge in [0, 0.05) is 42.4 Å². The van der Waals surface area contributed by atoms with Crippen LogP contribution >= 0.6 is 15.9 Å². The van der Waals surface area contributed by atoms with Gasteiger partial charge in [-0.15, -0.1) is 0 Å². The number of nitrogens with zero attached hydrogens (tertiary/aromatic N) is 2. The molecule has 1 aromatic rings. The lowest BCUT2D eigenvalue weighted by molar-refractivity contribution is 0.0616. The molecule has 2 rings (SSSR count). The lowest BCUT2D eigenvalue weighted by Gasteiger charge is -2.38. The monoisotopic (exact) mass is 353 g/mol. The molecule has 1 aromatic carbocycles. The summed E-state index contributed by atoms with van der Waals surface area (Å²) in [4.78, 5) is 17.0. The van der Waals surface area contributed by atoms with Gasteiger partial charge >= 0.3 is 0 Å². The summed E-state index contributed by atoms with van der Waals surface area (Å²) in [5.74, 6) is 0.0109. The molecular formula is C16H24BrN3O. The van der Waals surface area contributed by atoms with Crippen molar-refractivity contribution in [1.82, 2.24) is 9.80 Å². The normalized spacial score (nSPS) is 17.2. The van der Waals surface area contributed by atoms with Crippen molar-refractivity contribution in [2.75, 3.05) is 25.9 Å². The van der Waals surface area contributed by atoms with Gasteiger partial charge in [-0.3, -0.25) is 4.79 Å². The Bertz CT molecular complexity index is 510. The molecule has 116 valence electrons. The van der Waals surface area contributed by atoms with E-state index in [1.54, 1.807) is 12.1 Å². The van der Waals surface area contributed by atoms with Crippen molar-refractivity contribution in [3.8, 4) is 0 Å². The van der Waals surface area contributed by atoms with E-state index in [4.69, 9.17) is 5.73 Å². The van der Waals surface area contributed by atoms with Gasteiger partial charge in [0.25, 0.3) is 5.91 Å². The largest absolute Gasteiger partial charge is 0.398 e. The summed E-state index contributed by atoms with van der Waals surface area (Å²) in [5, 5.41) is 0. The minimum absolute atomic E-state index is 0.0109. The number of piperidine rings is 1. The minimum atomic E-state index is 0.0109. The summed E-state index contributed by atoms with van der Waals surface area (Å²) in [7, 11) is 1.89. The molecule has 0 atom stereocenters. The molecule has 1 fully saturated rings. The highest BCUT2D eigenvalue weighted by molar-refractivity contribution is 9.10. The molecule has 2 N–H and O–H groups in total. The van der Waals surface area contributed by atoms with E-state index in [0.717, 1.165) is 30.4 Å². The Morgan fingerprint density at radius 1 is 1.38 bits per heavy atom. The maximum atomic E-state index is 12.6. The van der Waals surface area contributed by atoms with Gasteiger partial charge in [-0.05, 0) is 44.9 Å². The second kappa shape index (κ2) is 6.79. The highest BCUT2D eigenvalue weighted by Gasteiger charge is 2.27. The molecule has 0 aliphatic carbocycles. The van der Waals surface area contributed by atoms with Gasteiger partial charge < -0.3 is 15.5 Å². The fraction of sp³-hybridized carbons (Fsp3) is 0.562. The van der Waals surface area contributed by atoms with Gasteiger partial charge in [-0.1, -0.05) is 15.9 Å². The third kappa shape index (κ3) is 3.77. The van der Waals surface area contributed by atoms with Gasteiger partial charge in [0.15, 0.2) is 0 Å². The number of likely N-dealkylation sites (tertiary alicyclic amines) is 1. The van der Waals surface area contributed by atoms with Crippen LogP contribution in [0.5, 0.6) is 0 Å². The summed E-state index contributed by atoms with van der Waals surface area (Å²) in [5.41, 5.74) is 7.06. The zero-order valence-electron chi connectivity index (χ0n) is 13.0. The molecule has 1 saturated heterocycles. The Balaban J connectivity index is 2.05. The van der Waals surface area contributed by atoms with E-state index in [1.807, 2.05) is 18.0 Å². The zero-order valence-corrected chi connectivity index (χ0v) is 14.6. The Labute approximate surface area is 135 Å². The number of halogens is 1. The van der Waals surface area contributed by atoms with Crippen LogP contribution in [0.25, 0.3) is 0 Å². The van der Waals surface area contributed by atoms with Crippen LogP contribution in [-0.2, 0) is 0 Å². The summed E-state index contributed by atoms with van der Waals surface area (Å²) in [6.45, 7) is 6.54. The van der Waals surface area contributed by atoms with E-state index in [9.17, 15) is 4.79 Å². The molecule has 0 unspecified atom stereocenters. The molecule has 1 aliphatic rings. The van der Waals surface area contributed by atoms with Crippen molar-refractivity contribution < 1.29 is 4.79 Å². The average molecular weight is 354 g/mol. The standard InChI is InChI=1S/C16H24BrN3O/c1-11(2)20-8-6-13(7-9-20)19(3)16(21)14-10-12(17)4-5-15(14)18/h4-5,10-11,13H,6-9,18H2,1-3H3. The average Bonchev–Trinajstić information content (AvgIpc) is 2.48. The maximum Gasteiger partial charge on any atom is 0.255 e. The molecule has 4 nitrogen and oxygen atoms in total. The number of amides is 1. The zero-order chi connectivity index (χ0) is 15.6. The predicted molar refractivity (Wildman–Crippen MR) is 90.4 cm³/mol. The van der Waals surface area contributed by atoms with Crippen molar-refractivity contribution in [1.29, 1.82) is 0 Å². The van der Waals surface area contributed by atoms with E-state index in [0.29, 0.717) is 23.3 Å². The first-order valence-electron chi connectivity index (χ1n) is 7.46. The maximum absolute atomic E-state index is 12.6. The van der Waals surface area contributed by atoms with Crippen LogP contribution in [-0.4, -0.2) is 47.9 Å². The Hall–Kier alpha value is -1.07. The van der Waals surface area contributed by atoms with Crippen molar-refractivity contribution in [2.45, 2.75) is 38.8 Å². The molecule has 1 amide bonds. The molecule has 0 bridgehead atoms. The van der Waals surface area contributed by atoms with Crippen LogP contribution in [0.4, 0.5) is 5.69 Å². The first kappa shape index (κ1) is 16.3. The number of hydrogen-bond acceptors (Lipinski definition) is 3. The summed E-state index contributed by atoms with van der Waals surface area (Å²) in [6, 6.07) is 6.30. The second-order valence-electron chi connectivity index (χ2n) is 6.01. The van der Waals surface area contributed by atoms with E-state index in [-0.39, 0.29) is 5.91 Å². The molecule has 1 heterocycles. The molecule has 0 spiro atoms. The fourth-order valence-corrected chi connectivity index (χ4v) is 3.22. The minimum Gasteiger partial charge on any atom is -0.398 e. The topological polar surface area (TPSA) is 49.6 Å². The highest BCUT2D eigenvalue weighted by atomic mass is 79.9. The Kier molecular flexibility index (Phi) is 5.27. The lowest BCUT2D eigenvalue weighted by atomic mass is 10.0. The van der Waals surface area contributed by atoms with Crippen LogP contribution in [0.1, 0.15) is 37.0 Å². The number of carbonyl (C=O) groups excluding carboxylic acids is 1. The molecular weight excluding hydrogens is 330 g/mol. The SMILES string of the molecule is CC(C)N1CCC(N(C)C(=O)c2cc(Br)ccc2N)CC1. The molecule has 0 aromatic heterocycles. The molecule has 0 saturated carbocycles. The van der Waals surface area contributed by atoms with Crippen LogP contribution in [0.15, 0.2) is 22.7 Å². The van der Waals surface area contributed by atoms with Gasteiger partial charge in [-0.25, -0.2) is 0 Å². The van der Waals surface area contributed by atoms with Crippen LogP contribution in [0.3, 0.4) is 0 Å². The van der Waals surface area contributed by atoms with Crippen LogP contribution in [0.2, 0.25) is 0 Å². The van der Waals surface area contributed by atoms with E-state index in [1.165, 1.54) is 0 Å². The van der Waals surface area contributed by atoms with Gasteiger partial charge in [0.1, 0.15) is 0 Å².